The second-order valence-corrected chi connectivity index (χ2v) is 14.1. The number of benzene rings is 1. The molecule has 14 nitrogen and oxygen atoms in total. The Morgan fingerprint density at radius 1 is 1.04 bits per heavy atom. The van der Waals surface area contributed by atoms with Gasteiger partial charge in [0, 0.05) is 31.9 Å². The number of esters is 3. The first-order valence-electron chi connectivity index (χ1n) is 19.6. The lowest BCUT2D eigenvalue weighted by Gasteiger charge is -2.31. The third kappa shape index (κ3) is 12.8. The van der Waals surface area contributed by atoms with Gasteiger partial charge >= 0.3 is 24.0 Å². The summed E-state index contributed by atoms with van der Waals surface area (Å²) in [6.07, 6.45) is 19.5. The minimum Gasteiger partial charge on any atom is -0.461 e. The van der Waals surface area contributed by atoms with Gasteiger partial charge in [0.2, 0.25) is 0 Å². The molecular formula is C41H54FN5O9. The lowest BCUT2D eigenvalue weighted by atomic mass is 9.98. The molecule has 1 aliphatic rings. The van der Waals surface area contributed by atoms with Gasteiger partial charge in [-0.25, -0.2) is 9.78 Å². The Morgan fingerprint density at radius 2 is 1.70 bits per heavy atom. The minimum absolute atomic E-state index is 0.00641. The highest BCUT2D eigenvalue weighted by Gasteiger charge is 2.39. The van der Waals surface area contributed by atoms with Crippen LogP contribution in [0.5, 0.6) is 0 Å². The molecule has 0 unspecified atom stereocenters. The first kappa shape index (κ1) is 43.8. The monoisotopic (exact) mass is 779 g/mol. The summed E-state index contributed by atoms with van der Waals surface area (Å²) < 4.78 is 37.3. The average Bonchev–Trinajstić information content (AvgIpc) is 3.82. The summed E-state index contributed by atoms with van der Waals surface area (Å²) >= 11 is 0. The number of nitrogens with one attached hydrogen (secondary N) is 1. The van der Waals surface area contributed by atoms with Crippen LogP contribution >= 0.6 is 0 Å². The minimum atomic E-state index is -1.86. The molecule has 0 radical (unpaired) electrons. The van der Waals surface area contributed by atoms with Crippen LogP contribution in [-0.2, 0) is 46.5 Å². The Balaban J connectivity index is 1.25. The van der Waals surface area contributed by atoms with Gasteiger partial charge in [0.1, 0.15) is 19.3 Å². The van der Waals surface area contributed by atoms with E-state index in [4.69, 9.17) is 25.4 Å². The molecule has 1 aromatic carbocycles. The van der Waals surface area contributed by atoms with Crippen LogP contribution in [0.25, 0.3) is 11.2 Å². The van der Waals surface area contributed by atoms with E-state index in [1.54, 1.807) is 18.2 Å². The molecule has 1 fully saturated rings. The van der Waals surface area contributed by atoms with Crippen LogP contribution in [0.2, 0.25) is 0 Å². The van der Waals surface area contributed by atoms with Crippen molar-refractivity contribution in [2.45, 2.75) is 141 Å². The molecule has 15 heteroatoms. The van der Waals surface area contributed by atoms with E-state index in [0.29, 0.717) is 12.0 Å². The van der Waals surface area contributed by atoms with Crippen LogP contribution in [0.3, 0.4) is 0 Å². The zero-order valence-corrected chi connectivity index (χ0v) is 32.4. The number of nitrogens with zero attached hydrogens (tertiary/aromatic N) is 4. The second kappa shape index (κ2) is 22.6. The molecule has 56 heavy (non-hydrogen) atoms. The van der Waals surface area contributed by atoms with E-state index in [2.05, 4.69) is 33.1 Å². The lowest BCUT2D eigenvalue weighted by Crippen LogP contribution is -2.49. The van der Waals surface area contributed by atoms with Gasteiger partial charge in [-0.05, 0) is 12.5 Å². The van der Waals surface area contributed by atoms with Gasteiger partial charge in [0.25, 0.3) is 5.91 Å². The first-order chi connectivity index (χ1) is 27.1. The Kier molecular flexibility index (Phi) is 17.6. The summed E-state index contributed by atoms with van der Waals surface area (Å²) in [7, 11) is 1.24. The molecule has 1 aliphatic heterocycles. The predicted octanol–water partition coefficient (Wildman–Crippen LogP) is 6.37. The number of cyclic esters (lactones) is 1. The van der Waals surface area contributed by atoms with Crippen molar-refractivity contribution in [1.82, 2.24) is 19.5 Å². The number of ether oxygens (including phenoxy) is 4. The number of fused-ring (bicyclic) bond motifs is 1. The highest BCUT2D eigenvalue weighted by molar-refractivity contribution is 6.00. The SMILES string of the molecule is C#C[C@](COC(=O)c1ccccc1COC(=O)CCCCCCCCCCCCCCC)(OC)[C@@H](O)Cn1cnc2c(NC(=O)[C@H]3CCC(=O)O3)nc(F)nc21. The smallest absolute Gasteiger partial charge is 0.338 e. The van der Waals surface area contributed by atoms with Gasteiger partial charge in [0.15, 0.2) is 28.7 Å². The zero-order chi connectivity index (χ0) is 40.3. The van der Waals surface area contributed by atoms with Crippen LogP contribution in [0.1, 0.15) is 126 Å². The molecule has 0 aliphatic carbocycles. The molecule has 2 aromatic heterocycles. The molecule has 0 saturated carbocycles. The van der Waals surface area contributed by atoms with E-state index in [-0.39, 0.29) is 54.5 Å². The number of terminal acetylenes is 1. The van der Waals surface area contributed by atoms with Gasteiger partial charge in [-0.2, -0.15) is 14.4 Å². The van der Waals surface area contributed by atoms with Gasteiger partial charge in [0.05, 0.1) is 18.4 Å². The fraction of sp³-hybridized carbons (Fsp3) is 0.585. The molecule has 3 heterocycles. The summed E-state index contributed by atoms with van der Waals surface area (Å²) in [6, 6.07) is 6.52. The molecule has 0 bridgehead atoms. The van der Waals surface area contributed by atoms with Gasteiger partial charge in [-0.15, -0.1) is 6.42 Å². The Hall–Kier alpha value is -4.94. The molecular weight excluding hydrogens is 725 g/mol. The number of rotatable bonds is 25. The third-order valence-electron chi connectivity index (χ3n) is 9.90. The fourth-order valence-corrected chi connectivity index (χ4v) is 6.48. The van der Waals surface area contributed by atoms with Crippen LogP contribution in [0.15, 0.2) is 30.6 Å². The number of methoxy groups -OCH3 is 1. The van der Waals surface area contributed by atoms with Crippen molar-refractivity contribution in [2.24, 2.45) is 0 Å². The summed E-state index contributed by atoms with van der Waals surface area (Å²) in [5.41, 5.74) is -1.38. The first-order valence-corrected chi connectivity index (χ1v) is 19.6. The predicted molar refractivity (Wildman–Crippen MR) is 204 cm³/mol. The van der Waals surface area contributed by atoms with Crippen molar-refractivity contribution in [2.75, 3.05) is 19.0 Å². The molecule has 3 aromatic rings. The Labute approximate surface area is 327 Å². The maximum atomic E-state index is 14.5. The Morgan fingerprint density at radius 3 is 2.32 bits per heavy atom. The van der Waals surface area contributed by atoms with E-state index in [9.17, 15) is 28.7 Å². The van der Waals surface area contributed by atoms with Crippen molar-refractivity contribution >= 4 is 40.8 Å². The third-order valence-corrected chi connectivity index (χ3v) is 9.90. The van der Waals surface area contributed by atoms with E-state index >= 15 is 0 Å². The summed E-state index contributed by atoms with van der Waals surface area (Å²) in [6.45, 7) is 1.18. The zero-order valence-electron chi connectivity index (χ0n) is 32.4. The summed E-state index contributed by atoms with van der Waals surface area (Å²) in [4.78, 5) is 61.4. The number of aliphatic hydroxyl groups is 1. The number of anilines is 1. The highest BCUT2D eigenvalue weighted by atomic mass is 19.1. The second-order valence-electron chi connectivity index (χ2n) is 14.1. The summed E-state index contributed by atoms with van der Waals surface area (Å²) in [5, 5.41) is 13.7. The van der Waals surface area contributed by atoms with E-state index in [1.807, 2.05) is 0 Å². The van der Waals surface area contributed by atoms with Crippen LogP contribution in [0, 0.1) is 18.4 Å². The fourth-order valence-electron chi connectivity index (χ4n) is 6.48. The number of halogens is 1. The van der Waals surface area contributed by atoms with Crippen molar-refractivity contribution in [3.8, 4) is 12.3 Å². The standard InChI is InChI=1S/C41H54FN5O9/c1-4-6-7-8-9-10-11-12-13-14-15-16-17-22-33(49)54-26-29-20-18-19-21-30(29)39(52)55-27-41(5-2,53-3)32(48)25-47-28-43-35-36(45-40(42)46-37(35)47)44-38(51)31-23-24-34(50)56-31/h2,18-21,28,31-32,48H,4,6-17,22-27H2,1,3H3,(H,44,45,46,51)/t31-,32+,41-/m1/s1. The van der Waals surface area contributed by atoms with E-state index in [1.165, 1.54) is 88.3 Å². The summed E-state index contributed by atoms with van der Waals surface area (Å²) in [5.74, 6) is -0.264. The average molecular weight is 780 g/mol. The number of carbonyl (C=O) groups is 4. The highest BCUT2D eigenvalue weighted by Crippen LogP contribution is 2.25. The van der Waals surface area contributed by atoms with Gasteiger partial charge in [-0.1, -0.05) is 108 Å². The van der Waals surface area contributed by atoms with Crippen molar-refractivity contribution < 1.29 is 47.6 Å². The van der Waals surface area contributed by atoms with Crippen LogP contribution in [0.4, 0.5) is 10.2 Å². The van der Waals surface area contributed by atoms with Crippen molar-refractivity contribution in [3.63, 3.8) is 0 Å². The molecule has 304 valence electrons. The van der Waals surface area contributed by atoms with Crippen molar-refractivity contribution in [3.05, 3.63) is 47.8 Å². The number of aromatic nitrogens is 4. The molecule has 3 atom stereocenters. The van der Waals surface area contributed by atoms with Crippen molar-refractivity contribution in [1.29, 1.82) is 0 Å². The lowest BCUT2D eigenvalue weighted by molar-refractivity contribution is -0.146. The van der Waals surface area contributed by atoms with Crippen LogP contribution < -0.4 is 5.32 Å². The molecule has 1 amide bonds. The largest absolute Gasteiger partial charge is 0.461 e. The maximum absolute atomic E-state index is 14.5. The van der Waals surface area contributed by atoms with Gasteiger partial charge < -0.3 is 33.9 Å². The number of aliphatic hydroxyl groups excluding tert-OH is 1. The maximum Gasteiger partial charge on any atom is 0.338 e. The number of unbranched alkanes of at least 4 members (excludes halogenated alkanes) is 12. The number of hydrogen-bond acceptors (Lipinski definition) is 12. The normalized spacial score (nSPS) is 15.5. The molecule has 0 spiro atoms. The van der Waals surface area contributed by atoms with E-state index in [0.717, 1.165) is 19.3 Å². The molecule has 4 rings (SSSR count). The number of imidazole rings is 1. The topological polar surface area (TPSA) is 181 Å². The number of carbonyl (C=O) groups excluding carboxylic acids is 4. The van der Waals surface area contributed by atoms with Gasteiger partial charge in [-0.3, -0.25) is 14.4 Å². The molecule has 1 saturated heterocycles. The number of amides is 1. The quantitative estimate of drug-likeness (QED) is 0.0319. The molecule has 2 N–H and O–H groups in total. The number of hydrogen-bond donors (Lipinski definition) is 2. The Bertz CT molecular complexity index is 1810. The van der Waals surface area contributed by atoms with E-state index < -0.39 is 48.3 Å². The van der Waals surface area contributed by atoms with Crippen LogP contribution in [-0.4, -0.2) is 80.0 Å².